The highest BCUT2D eigenvalue weighted by molar-refractivity contribution is 14.1. The van der Waals surface area contributed by atoms with Crippen molar-refractivity contribution in [3.8, 4) is 5.75 Å². The van der Waals surface area contributed by atoms with Crippen LogP contribution in [0.25, 0.3) is 6.08 Å². The van der Waals surface area contributed by atoms with Crippen LogP contribution < -0.4 is 15.0 Å². The molecule has 2 aromatic rings. The number of carbonyl (C=O) groups excluding carboxylic acids is 2. The molecular formula is C19H15IN2O3S. The Kier molecular flexibility index (Phi) is 5.67. The lowest BCUT2D eigenvalue weighted by Crippen LogP contribution is -2.54. The van der Waals surface area contributed by atoms with Crippen LogP contribution in [0.3, 0.4) is 0 Å². The normalized spacial score (nSPS) is 16.0. The van der Waals surface area contributed by atoms with Crippen LogP contribution in [-0.4, -0.2) is 23.5 Å². The quantitative estimate of drug-likeness (QED) is 0.316. The zero-order valence-corrected chi connectivity index (χ0v) is 16.8. The van der Waals surface area contributed by atoms with Gasteiger partial charge in [0.2, 0.25) is 0 Å². The molecule has 0 aromatic heterocycles. The molecule has 1 saturated heterocycles. The molecular weight excluding hydrogens is 463 g/mol. The predicted octanol–water partition coefficient (Wildman–Crippen LogP) is 3.52. The minimum Gasteiger partial charge on any atom is -0.494 e. The molecule has 1 heterocycles. The number of anilines is 1. The number of hydrogen-bond donors (Lipinski definition) is 1. The fraction of sp³-hybridized carbons (Fsp3) is 0.105. The van der Waals surface area contributed by atoms with E-state index in [-0.39, 0.29) is 10.7 Å². The summed E-state index contributed by atoms with van der Waals surface area (Å²) in [5.41, 5.74) is 1.34. The number of hydrogen-bond acceptors (Lipinski definition) is 4. The highest BCUT2D eigenvalue weighted by atomic mass is 127. The number of amides is 2. The highest BCUT2D eigenvalue weighted by Crippen LogP contribution is 2.26. The van der Waals surface area contributed by atoms with E-state index in [1.54, 1.807) is 30.3 Å². The lowest BCUT2D eigenvalue weighted by atomic mass is 10.1. The summed E-state index contributed by atoms with van der Waals surface area (Å²) in [6, 6.07) is 14.6. The third-order valence-electron chi connectivity index (χ3n) is 3.65. The molecule has 0 spiro atoms. The zero-order valence-electron chi connectivity index (χ0n) is 13.9. The zero-order chi connectivity index (χ0) is 18.7. The Bertz CT molecular complexity index is 927. The molecule has 1 N–H and O–H groups in total. The van der Waals surface area contributed by atoms with Gasteiger partial charge in [-0.2, -0.15) is 0 Å². The first-order valence-corrected chi connectivity index (χ1v) is 9.38. The van der Waals surface area contributed by atoms with Crippen LogP contribution in [0.15, 0.2) is 54.1 Å². The van der Waals surface area contributed by atoms with E-state index in [2.05, 4.69) is 27.9 Å². The summed E-state index contributed by atoms with van der Waals surface area (Å²) in [7, 11) is 0. The van der Waals surface area contributed by atoms with Crippen LogP contribution in [0, 0.1) is 3.57 Å². The number of nitrogens with one attached hydrogen (secondary N) is 1. The van der Waals surface area contributed by atoms with Crippen molar-refractivity contribution < 1.29 is 14.3 Å². The second kappa shape index (κ2) is 7.96. The van der Waals surface area contributed by atoms with Crippen molar-refractivity contribution in [2.45, 2.75) is 6.92 Å². The van der Waals surface area contributed by atoms with E-state index >= 15 is 0 Å². The topological polar surface area (TPSA) is 58.6 Å². The molecule has 0 bridgehead atoms. The number of rotatable bonds is 4. The van der Waals surface area contributed by atoms with Gasteiger partial charge in [0.1, 0.15) is 11.3 Å². The van der Waals surface area contributed by atoms with Gasteiger partial charge in [0.15, 0.2) is 5.11 Å². The molecule has 7 heteroatoms. The fourth-order valence-electron chi connectivity index (χ4n) is 2.53. The first-order valence-electron chi connectivity index (χ1n) is 7.89. The first kappa shape index (κ1) is 18.5. The van der Waals surface area contributed by atoms with Gasteiger partial charge in [-0.1, -0.05) is 18.2 Å². The van der Waals surface area contributed by atoms with E-state index in [0.29, 0.717) is 18.0 Å². The van der Waals surface area contributed by atoms with Gasteiger partial charge < -0.3 is 4.74 Å². The van der Waals surface area contributed by atoms with Crippen LogP contribution in [0.5, 0.6) is 5.75 Å². The van der Waals surface area contributed by atoms with Gasteiger partial charge in [-0.3, -0.25) is 19.8 Å². The van der Waals surface area contributed by atoms with Crippen LogP contribution in [-0.2, 0) is 9.59 Å². The Morgan fingerprint density at radius 3 is 2.69 bits per heavy atom. The van der Waals surface area contributed by atoms with E-state index in [1.807, 2.05) is 31.2 Å². The van der Waals surface area contributed by atoms with Crippen molar-refractivity contribution in [2.24, 2.45) is 0 Å². The van der Waals surface area contributed by atoms with Gasteiger partial charge >= 0.3 is 0 Å². The molecule has 1 aliphatic rings. The molecule has 0 atom stereocenters. The lowest BCUT2D eigenvalue weighted by molar-refractivity contribution is -0.122. The Morgan fingerprint density at radius 1 is 1.19 bits per heavy atom. The highest BCUT2D eigenvalue weighted by Gasteiger charge is 2.34. The van der Waals surface area contributed by atoms with Crippen molar-refractivity contribution in [1.82, 2.24) is 5.32 Å². The van der Waals surface area contributed by atoms with Crippen molar-refractivity contribution in [1.29, 1.82) is 0 Å². The van der Waals surface area contributed by atoms with Crippen LogP contribution >= 0.6 is 34.8 Å². The molecule has 0 aliphatic carbocycles. The molecule has 2 aromatic carbocycles. The average molecular weight is 478 g/mol. The first-order chi connectivity index (χ1) is 12.5. The Hall–Kier alpha value is -2.26. The number of nitrogens with zero attached hydrogens (tertiary/aromatic N) is 1. The standard InChI is InChI=1S/C19H15IN2O3S/c1-2-25-15-8-4-7-14(11-15)22-18(24)16(17(23)21-19(22)26)10-12-5-3-6-13(20)9-12/h3-11H,2H2,1H3,(H,21,23,26). The van der Waals surface area contributed by atoms with Crippen LogP contribution in [0.1, 0.15) is 12.5 Å². The monoisotopic (exact) mass is 478 g/mol. The third-order valence-corrected chi connectivity index (χ3v) is 4.60. The molecule has 3 rings (SSSR count). The van der Waals surface area contributed by atoms with Gasteiger partial charge in [-0.15, -0.1) is 0 Å². The number of halogens is 1. The predicted molar refractivity (Wildman–Crippen MR) is 113 cm³/mol. The van der Waals surface area contributed by atoms with Crippen LogP contribution in [0.4, 0.5) is 5.69 Å². The van der Waals surface area contributed by atoms with E-state index in [1.165, 1.54) is 4.90 Å². The number of carbonyl (C=O) groups is 2. The van der Waals surface area contributed by atoms with Gasteiger partial charge in [-0.25, -0.2) is 0 Å². The Labute approximate surface area is 170 Å². The largest absolute Gasteiger partial charge is 0.494 e. The maximum absolute atomic E-state index is 13.0. The van der Waals surface area contributed by atoms with Crippen molar-refractivity contribution >= 4 is 63.5 Å². The maximum atomic E-state index is 13.0. The molecule has 132 valence electrons. The molecule has 0 saturated carbocycles. The van der Waals surface area contributed by atoms with Crippen LogP contribution in [0.2, 0.25) is 0 Å². The Balaban J connectivity index is 1.99. The fourth-order valence-corrected chi connectivity index (χ4v) is 3.38. The van der Waals surface area contributed by atoms with E-state index in [9.17, 15) is 9.59 Å². The van der Waals surface area contributed by atoms with Crippen molar-refractivity contribution in [2.75, 3.05) is 11.5 Å². The second-order valence-electron chi connectivity index (χ2n) is 5.44. The SMILES string of the molecule is CCOc1cccc(N2C(=O)C(=Cc3cccc(I)c3)C(=O)NC2=S)c1. The van der Waals surface area contributed by atoms with Gasteiger partial charge in [0.25, 0.3) is 11.8 Å². The van der Waals surface area contributed by atoms with Crippen molar-refractivity contribution in [3.05, 3.63) is 63.2 Å². The number of thiocarbonyl (C=S) groups is 1. The van der Waals surface area contributed by atoms with Gasteiger partial charge in [0, 0.05) is 9.64 Å². The number of benzene rings is 2. The molecule has 0 radical (unpaired) electrons. The van der Waals surface area contributed by atoms with Gasteiger partial charge in [-0.05, 0) is 77.6 Å². The molecule has 1 fully saturated rings. The number of ether oxygens (including phenoxy) is 1. The lowest BCUT2D eigenvalue weighted by Gasteiger charge is -2.29. The molecule has 0 unspecified atom stereocenters. The second-order valence-corrected chi connectivity index (χ2v) is 7.08. The summed E-state index contributed by atoms with van der Waals surface area (Å²) in [4.78, 5) is 26.6. The summed E-state index contributed by atoms with van der Waals surface area (Å²) < 4.78 is 6.49. The smallest absolute Gasteiger partial charge is 0.270 e. The van der Waals surface area contributed by atoms with E-state index in [4.69, 9.17) is 17.0 Å². The third kappa shape index (κ3) is 3.94. The Morgan fingerprint density at radius 2 is 1.96 bits per heavy atom. The molecule has 2 amide bonds. The summed E-state index contributed by atoms with van der Waals surface area (Å²) in [6.07, 6.45) is 1.57. The summed E-state index contributed by atoms with van der Waals surface area (Å²) in [5.74, 6) is -0.344. The minimum atomic E-state index is -0.504. The van der Waals surface area contributed by atoms with E-state index < -0.39 is 11.8 Å². The summed E-state index contributed by atoms with van der Waals surface area (Å²) in [6.45, 7) is 2.39. The average Bonchev–Trinajstić information content (AvgIpc) is 2.59. The minimum absolute atomic E-state index is 0.0300. The van der Waals surface area contributed by atoms with Gasteiger partial charge in [0.05, 0.1) is 12.3 Å². The molecule has 5 nitrogen and oxygen atoms in total. The maximum Gasteiger partial charge on any atom is 0.270 e. The molecule has 26 heavy (non-hydrogen) atoms. The molecule has 1 aliphatic heterocycles. The summed E-state index contributed by atoms with van der Waals surface area (Å²) in [5, 5.41) is 2.63. The van der Waals surface area contributed by atoms with E-state index in [0.717, 1.165) is 9.13 Å². The van der Waals surface area contributed by atoms with Crippen molar-refractivity contribution in [3.63, 3.8) is 0 Å². The summed E-state index contributed by atoms with van der Waals surface area (Å²) >= 11 is 7.39.